The second kappa shape index (κ2) is 10.9. The van der Waals surface area contributed by atoms with Gasteiger partial charge in [0, 0.05) is 5.56 Å². The van der Waals surface area contributed by atoms with Crippen LogP contribution in [0, 0.1) is 22.7 Å². The molecule has 0 radical (unpaired) electrons. The van der Waals surface area contributed by atoms with E-state index in [9.17, 15) is 20.4 Å². The molecule has 38 heavy (non-hydrogen) atoms. The Morgan fingerprint density at radius 1 is 0.921 bits per heavy atom. The number of phenolic OH excluding ortho intramolecular Hbond substituents is 4. The van der Waals surface area contributed by atoms with E-state index in [1.165, 1.54) is 49.8 Å². The van der Waals surface area contributed by atoms with Gasteiger partial charge in [-0.25, -0.2) is 0 Å². The number of benzene rings is 2. The van der Waals surface area contributed by atoms with Crippen LogP contribution in [0.15, 0.2) is 53.6 Å². The number of phenols is 4. The molecule has 0 unspecified atom stereocenters. The maximum atomic E-state index is 10.7. The highest BCUT2D eigenvalue weighted by molar-refractivity contribution is 5.72. The van der Waals surface area contributed by atoms with Crippen LogP contribution in [-0.2, 0) is 6.42 Å². The normalized spacial score (nSPS) is 27.8. The lowest BCUT2D eigenvalue weighted by Gasteiger charge is -2.58. The van der Waals surface area contributed by atoms with Crippen LogP contribution in [0.3, 0.4) is 0 Å². The predicted octanol–water partition coefficient (Wildman–Crippen LogP) is 8.75. The van der Waals surface area contributed by atoms with Crippen molar-refractivity contribution < 1.29 is 20.4 Å². The fourth-order valence-electron chi connectivity index (χ4n) is 6.98. The molecule has 0 bridgehead atoms. The van der Waals surface area contributed by atoms with E-state index in [1.54, 1.807) is 35.9 Å². The van der Waals surface area contributed by atoms with Crippen LogP contribution in [0.5, 0.6) is 23.0 Å². The zero-order valence-electron chi connectivity index (χ0n) is 23.6. The van der Waals surface area contributed by atoms with Crippen molar-refractivity contribution in [2.24, 2.45) is 22.7 Å². The van der Waals surface area contributed by atoms with Crippen molar-refractivity contribution in [3.05, 3.63) is 70.3 Å². The first-order chi connectivity index (χ1) is 17.9. The minimum Gasteiger partial charge on any atom is -0.507 e. The molecule has 0 amide bonds. The monoisotopic (exact) mass is 516 g/mol. The smallest absolute Gasteiger partial charge is 0.157 e. The Morgan fingerprint density at radius 3 is 2.26 bits per heavy atom. The number of aromatic hydroxyl groups is 4. The second-order valence-corrected chi connectivity index (χ2v) is 12.3. The molecule has 0 spiro atoms. The van der Waals surface area contributed by atoms with Crippen molar-refractivity contribution in [1.82, 2.24) is 0 Å². The van der Waals surface area contributed by atoms with E-state index in [1.807, 2.05) is 0 Å². The molecule has 2 aromatic rings. The van der Waals surface area contributed by atoms with Crippen LogP contribution in [0.4, 0.5) is 0 Å². The van der Waals surface area contributed by atoms with Crippen molar-refractivity contribution in [3.63, 3.8) is 0 Å². The third-order valence-corrected chi connectivity index (χ3v) is 10.00. The molecule has 4 nitrogen and oxygen atoms in total. The molecular formula is C34H44O4. The molecule has 4 atom stereocenters. The Bertz CT molecular complexity index is 1250. The van der Waals surface area contributed by atoms with E-state index in [0.29, 0.717) is 39.9 Å². The van der Waals surface area contributed by atoms with E-state index in [4.69, 9.17) is 0 Å². The van der Waals surface area contributed by atoms with Gasteiger partial charge in [-0.2, -0.15) is 0 Å². The first-order valence-electron chi connectivity index (χ1n) is 14.0. The fraction of sp³-hybridized carbons (Fsp3) is 0.471. The average Bonchev–Trinajstić information content (AvgIpc) is 2.87. The second-order valence-electron chi connectivity index (χ2n) is 12.3. The van der Waals surface area contributed by atoms with Crippen LogP contribution in [-0.4, -0.2) is 20.4 Å². The summed E-state index contributed by atoms with van der Waals surface area (Å²) in [5, 5.41) is 40.4. The summed E-state index contributed by atoms with van der Waals surface area (Å²) in [4.78, 5) is 0. The van der Waals surface area contributed by atoms with Gasteiger partial charge in [-0.05, 0) is 117 Å². The SMILES string of the molecule is CC1=CCC[C@@H]2[C@@](C)(CC/C(C)=C/Cc3c(O)cc(/C=C/c4ccc(O)c(O)c4)cc3O)[C@H](C)CC[C@@]12C. The molecule has 0 aromatic heterocycles. The lowest BCUT2D eigenvalue weighted by molar-refractivity contribution is -0.0466. The molecule has 0 saturated heterocycles. The maximum absolute atomic E-state index is 10.7. The minimum absolute atomic E-state index is 0.0651. The van der Waals surface area contributed by atoms with Crippen LogP contribution in [0.25, 0.3) is 12.2 Å². The van der Waals surface area contributed by atoms with Crippen LogP contribution in [0.2, 0.25) is 0 Å². The van der Waals surface area contributed by atoms with Gasteiger partial charge in [0.2, 0.25) is 0 Å². The van der Waals surface area contributed by atoms with Gasteiger partial charge >= 0.3 is 0 Å². The first-order valence-corrected chi connectivity index (χ1v) is 14.0. The molecule has 2 aromatic carbocycles. The van der Waals surface area contributed by atoms with Crippen LogP contribution in [0.1, 0.15) is 89.8 Å². The number of fused-ring (bicyclic) bond motifs is 1. The van der Waals surface area contributed by atoms with Crippen molar-refractivity contribution in [1.29, 1.82) is 0 Å². The molecule has 2 aliphatic rings. The van der Waals surface area contributed by atoms with Gasteiger partial charge in [-0.3, -0.25) is 0 Å². The Balaban J connectivity index is 1.43. The van der Waals surface area contributed by atoms with Gasteiger partial charge in [0.25, 0.3) is 0 Å². The van der Waals surface area contributed by atoms with E-state index < -0.39 is 0 Å². The minimum atomic E-state index is -0.193. The quantitative estimate of drug-likeness (QED) is 0.168. The van der Waals surface area contributed by atoms with Gasteiger partial charge in [0.05, 0.1) is 0 Å². The van der Waals surface area contributed by atoms with Crippen LogP contribution < -0.4 is 0 Å². The summed E-state index contributed by atoms with van der Waals surface area (Å²) in [5.74, 6) is 1.19. The molecule has 4 heteroatoms. The zero-order valence-corrected chi connectivity index (χ0v) is 23.6. The number of hydrogen-bond donors (Lipinski definition) is 4. The standard InChI is InChI=1S/C34H44O4/c1-22(15-17-33(4)24(3)16-18-34(5)23(2)7-6-8-32(33)34)9-13-27-29(36)20-26(21-30(27)37)11-10-25-12-14-28(35)31(38)19-25/h7,9-12,14,19-21,24,32,35-38H,6,8,13,15-18H2,1-5H3/b11-10+,22-9+/t24-,32-,33+,34+/m1/s1. The van der Waals surface area contributed by atoms with Crippen molar-refractivity contribution in [3.8, 4) is 23.0 Å². The molecule has 1 fully saturated rings. The largest absolute Gasteiger partial charge is 0.507 e. The zero-order chi connectivity index (χ0) is 27.7. The summed E-state index contributed by atoms with van der Waals surface area (Å²) in [7, 11) is 0. The Kier molecular flexibility index (Phi) is 8.01. The highest BCUT2D eigenvalue weighted by Crippen LogP contribution is 2.61. The van der Waals surface area contributed by atoms with Gasteiger partial charge < -0.3 is 20.4 Å². The molecule has 4 rings (SSSR count). The van der Waals surface area contributed by atoms with Gasteiger partial charge in [0.15, 0.2) is 11.5 Å². The topological polar surface area (TPSA) is 80.9 Å². The molecular weight excluding hydrogens is 472 g/mol. The summed E-state index contributed by atoms with van der Waals surface area (Å²) < 4.78 is 0. The first kappa shape index (κ1) is 27.9. The summed E-state index contributed by atoms with van der Waals surface area (Å²) in [5.41, 5.74) is 5.39. The van der Waals surface area contributed by atoms with Crippen LogP contribution >= 0.6 is 0 Å². The van der Waals surface area contributed by atoms with Gasteiger partial charge in [0.1, 0.15) is 11.5 Å². The van der Waals surface area contributed by atoms with Crippen molar-refractivity contribution in [2.45, 2.75) is 79.6 Å². The average molecular weight is 517 g/mol. The van der Waals surface area contributed by atoms with Gasteiger partial charge in [-0.15, -0.1) is 0 Å². The lowest BCUT2D eigenvalue weighted by Crippen LogP contribution is -2.49. The molecule has 1 saturated carbocycles. The third-order valence-electron chi connectivity index (χ3n) is 10.00. The highest BCUT2D eigenvalue weighted by atomic mass is 16.3. The Morgan fingerprint density at radius 2 is 1.58 bits per heavy atom. The summed E-state index contributed by atoms with van der Waals surface area (Å²) in [6.07, 6.45) is 15.8. The van der Waals surface area contributed by atoms with E-state index >= 15 is 0 Å². The van der Waals surface area contributed by atoms with Crippen molar-refractivity contribution >= 4 is 12.2 Å². The summed E-state index contributed by atoms with van der Waals surface area (Å²) in [6.45, 7) is 12.0. The number of hydrogen-bond acceptors (Lipinski definition) is 4. The number of rotatable bonds is 7. The molecule has 2 aliphatic carbocycles. The number of allylic oxidation sites excluding steroid dienone is 4. The van der Waals surface area contributed by atoms with Gasteiger partial charge in [-0.1, -0.05) is 62.3 Å². The predicted molar refractivity (Wildman–Crippen MR) is 156 cm³/mol. The van der Waals surface area contributed by atoms with Crippen molar-refractivity contribution in [2.75, 3.05) is 0 Å². The molecule has 0 aliphatic heterocycles. The van der Waals surface area contributed by atoms with E-state index in [0.717, 1.165) is 12.3 Å². The fourth-order valence-corrected chi connectivity index (χ4v) is 6.98. The molecule has 0 heterocycles. The maximum Gasteiger partial charge on any atom is 0.157 e. The lowest BCUT2D eigenvalue weighted by atomic mass is 9.47. The molecule has 4 N–H and O–H groups in total. The molecule has 204 valence electrons. The summed E-state index contributed by atoms with van der Waals surface area (Å²) in [6, 6.07) is 7.82. The highest BCUT2D eigenvalue weighted by Gasteiger charge is 2.52. The summed E-state index contributed by atoms with van der Waals surface area (Å²) >= 11 is 0. The van der Waals surface area contributed by atoms with E-state index in [2.05, 4.69) is 46.8 Å². The third kappa shape index (κ3) is 5.50. The Hall–Kier alpha value is -3.14. The Labute approximate surface area is 228 Å². The van der Waals surface area contributed by atoms with E-state index in [-0.39, 0.29) is 23.0 Å².